The number of fused-ring (bicyclic) bond motifs is 1. The number of nitrogens with zero attached hydrogens (tertiary/aromatic N) is 4. The first-order chi connectivity index (χ1) is 16.5. The van der Waals surface area contributed by atoms with Crippen molar-refractivity contribution in [2.24, 2.45) is 0 Å². The maximum atomic E-state index is 12.9. The lowest BCUT2D eigenvalue weighted by atomic mass is 10.1. The van der Waals surface area contributed by atoms with Crippen molar-refractivity contribution in [2.45, 2.75) is 19.4 Å². The van der Waals surface area contributed by atoms with Gasteiger partial charge >= 0.3 is 0 Å². The fourth-order valence-corrected chi connectivity index (χ4v) is 4.32. The number of aromatic nitrogens is 1. The molecule has 34 heavy (non-hydrogen) atoms. The van der Waals surface area contributed by atoms with Gasteiger partial charge in [0.1, 0.15) is 29.8 Å². The molecule has 0 bridgehead atoms. The first kappa shape index (κ1) is 23.0. The van der Waals surface area contributed by atoms with Gasteiger partial charge in [0.05, 0.1) is 28.3 Å². The topological polar surface area (TPSA) is 98.6 Å². The molecule has 172 valence electrons. The number of carbonyl (C=O) groups is 2. The first-order valence-electron chi connectivity index (χ1n) is 10.6. The fourth-order valence-electron chi connectivity index (χ4n) is 3.78. The summed E-state index contributed by atoms with van der Waals surface area (Å²) in [5, 5.41) is 14.4. The number of allylic oxidation sites excluding steroid dienone is 1. The van der Waals surface area contributed by atoms with Gasteiger partial charge in [0.15, 0.2) is 5.78 Å². The zero-order valence-corrected chi connectivity index (χ0v) is 19.6. The van der Waals surface area contributed by atoms with Gasteiger partial charge in [-0.2, -0.15) is 5.26 Å². The Morgan fingerprint density at radius 1 is 1.06 bits per heavy atom. The molecule has 0 atom stereocenters. The number of hydrogen-bond donors (Lipinski definition) is 1. The van der Waals surface area contributed by atoms with Crippen LogP contribution in [0.5, 0.6) is 5.75 Å². The molecule has 9 heteroatoms. The number of anilines is 3. The second-order valence-corrected chi connectivity index (χ2v) is 8.37. The lowest BCUT2D eigenvalue weighted by Crippen LogP contribution is -2.26. The normalized spacial score (nSPS) is 12.2. The van der Waals surface area contributed by atoms with Gasteiger partial charge in [0.2, 0.25) is 5.91 Å². The summed E-state index contributed by atoms with van der Waals surface area (Å²) in [6, 6.07) is 16.8. The molecule has 0 unspecified atom stereocenters. The molecule has 1 amide bonds. The Labute approximate surface area is 201 Å². The van der Waals surface area contributed by atoms with Gasteiger partial charge in [-0.05, 0) is 24.3 Å². The Morgan fingerprint density at radius 3 is 2.38 bits per heavy atom. The van der Waals surface area contributed by atoms with Crippen LogP contribution in [0.25, 0.3) is 0 Å². The number of rotatable bonds is 8. The Bertz CT molecular complexity index is 1250. The Hall–Kier alpha value is -4.16. The average Bonchev–Trinajstić information content (AvgIpc) is 3.46. The Kier molecular flexibility index (Phi) is 6.90. The van der Waals surface area contributed by atoms with Crippen LogP contribution < -0.4 is 19.9 Å². The highest BCUT2D eigenvalue weighted by Crippen LogP contribution is 2.40. The second kappa shape index (κ2) is 10.2. The van der Waals surface area contributed by atoms with Crippen molar-refractivity contribution in [2.75, 3.05) is 29.2 Å². The van der Waals surface area contributed by atoms with Gasteiger partial charge in [-0.1, -0.05) is 24.3 Å². The standard InChI is InChI=1S/C25H23N5O3S/c1-29-20-8-4-5-9-21(20)30(2)25(29)18(13-26)22(31)11-12-24(32)28-19-7-3-6-10-23(19)33-14-17-15-34-16-27-17/h3-10,15-16H,11-12,14H2,1-2H3,(H,28,32). The van der Waals surface area contributed by atoms with Crippen molar-refractivity contribution in [3.63, 3.8) is 0 Å². The highest BCUT2D eigenvalue weighted by atomic mass is 32.1. The number of hydrogen-bond acceptors (Lipinski definition) is 8. The first-order valence-corrected chi connectivity index (χ1v) is 11.6. The van der Waals surface area contributed by atoms with Crippen LogP contribution in [0, 0.1) is 11.3 Å². The van der Waals surface area contributed by atoms with E-state index in [4.69, 9.17) is 4.74 Å². The number of Topliss-reactive ketones (excluding diaryl/α,β-unsaturated/α-hetero) is 1. The number of nitrogens with one attached hydrogen (secondary N) is 1. The predicted molar refractivity (Wildman–Crippen MR) is 132 cm³/mol. The summed E-state index contributed by atoms with van der Waals surface area (Å²) in [4.78, 5) is 33.3. The molecule has 2 heterocycles. The molecule has 0 aliphatic carbocycles. The molecular formula is C25H23N5O3S. The SMILES string of the molecule is CN1C(=C(C#N)C(=O)CCC(=O)Nc2ccccc2OCc2cscn2)N(C)c2ccccc21. The van der Waals surface area contributed by atoms with Gasteiger partial charge in [0, 0.05) is 32.3 Å². The number of para-hydroxylation sites is 4. The highest BCUT2D eigenvalue weighted by molar-refractivity contribution is 7.07. The third-order valence-corrected chi connectivity index (χ3v) is 6.09. The molecule has 1 aromatic heterocycles. The van der Waals surface area contributed by atoms with Crippen LogP contribution in [0.4, 0.5) is 17.1 Å². The van der Waals surface area contributed by atoms with Gasteiger partial charge in [-0.25, -0.2) is 4.98 Å². The quantitative estimate of drug-likeness (QED) is 0.384. The van der Waals surface area contributed by atoms with Crippen molar-refractivity contribution >= 4 is 40.1 Å². The smallest absolute Gasteiger partial charge is 0.224 e. The van der Waals surface area contributed by atoms with Gasteiger partial charge in [-0.3, -0.25) is 9.59 Å². The van der Waals surface area contributed by atoms with Crippen LogP contribution in [-0.2, 0) is 16.2 Å². The molecule has 4 rings (SSSR count). The van der Waals surface area contributed by atoms with E-state index < -0.39 is 0 Å². The maximum absolute atomic E-state index is 12.9. The van der Waals surface area contributed by atoms with E-state index in [-0.39, 0.29) is 36.7 Å². The zero-order valence-electron chi connectivity index (χ0n) is 18.8. The number of ether oxygens (including phenoxy) is 1. The molecule has 1 aliphatic heterocycles. The summed E-state index contributed by atoms with van der Waals surface area (Å²) in [7, 11) is 3.63. The molecular weight excluding hydrogens is 450 g/mol. The maximum Gasteiger partial charge on any atom is 0.224 e. The molecule has 2 aromatic carbocycles. The predicted octanol–water partition coefficient (Wildman–Crippen LogP) is 4.33. The lowest BCUT2D eigenvalue weighted by molar-refractivity contribution is -0.120. The summed E-state index contributed by atoms with van der Waals surface area (Å²) in [5.41, 5.74) is 4.90. The second-order valence-electron chi connectivity index (χ2n) is 7.65. The Morgan fingerprint density at radius 2 is 1.74 bits per heavy atom. The van der Waals surface area contributed by atoms with Crippen molar-refractivity contribution in [1.29, 1.82) is 5.26 Å². The van der Waals surface area contributed by atoms with Crippen molar-refractivity contribution in [3.05, 3.63) is 76.5 Å². The molecule has 0 saturated carbocycles. The summed E-state index contributed by atoms with van der Waals surface area (Å²) in [6.45, 7) is 0.289. The largest absolute Gasteiger partial charge is 0.485 e. The van der Waals surface area contributed by atoms with Crippen LogP contribution in [-0.4, -0.2) is 30.8 Å². The van der Waals surface area contributed by atoms with Gasteiger partial charge < -0.3 is 19.9 Å². The monoisotopic (exact) mass is 473 g/mol. The van der Waals surface area contributed by atoms with E-state index in [1.54, 1.807) is 23.7 Å². The van der Waals surface area contributed by atoms with Crippen LogP contribution in [0.3, 0.4) is 0 Å². The molecule has 0 fully saturated rings. The molecule has 3 aromatic rings. The number of amides is 1. The van der Waals surface area contributed by atoms with Crippen LogP contribution in [0.15, 0.2) is 70.8 Å². The lowest BCUT2D eigenvalue weighted by Gasteiger charge is -2.20. The summed E-state index contributed by atoms with van der Waals surface area (Å²) in [5.74, 6) is 0.306. The van der Waals surface area contributed by atoms with E-state index in [1.165, 1.54) is 11.3 Å². The summed E-state index contributed by atoms with van der Waals surface area (Å²) < 4.78 is 5.79. The minimum Gasteiger partial charge on any atom is -0.485 e. The summed E-state index contributed by atoms with van der Waals surface area (Å²) in [6.07, 6.45) is -0.143. The van der Waals surface area contributed by atoms with E-state index in [0.717, 1.165) is 17.1 Å². The van der Waals surface area contributed by atoms with Crippen LogP contribution in [0.1, 0.15) is 18.5 Å². The third-order valence-electron chi connectivity index (χ3n) is 5.45. The van der Waals surface area contributed by atoms with E-state index in [1.807, 2.05) is 65.7 Å². The van der Waals surface area contributed by atoms with Crippen molar-refractivity contribution in [3.8, 4) is 11.8 Å². The average molecular weight is 474 g/mol. The molecule has 8 nitrogen and oxygen atoms in total. The van der Waals surface area contributed by atoms with E-state index >= 15 is 0 Å². The zero-order chi connectivity index (χ0) is 24.1. The van der Waals surface area contributed by atoms with Gasteiger partial charge in [0.25, 0.3) is 0 Å². The summed E-state index contributed by atoms with van der Waals surface area (Å²) >= 11 is 1.48. The number of ketones is 1. The fraction of sp³-hybridized carbons (Fsp3) is 0.200. The Balaban J connectivity index is 1.40. The number of benzene rings is 2. The minimum absolute atomic E-state index is 0.0287. The van der Waals surface area contributed by atoms with Gasteiger partial charge in [-0.15, -0.1) is 11.3 Å². The van der Waals surface area contributed by atoms with E-state index in [9.17, 15) is 14.9 Å². The molecule has 0 spiro atoms. The number of thiazole rings is 1. The van der Waals surface area contributed by atoms with Crippen molar-refractivity contribution < 1.29 is 14.3 Å². The van der Waals surface area contributed by atoms with Crippen LogP contribution in [0.2, 0.25) is 0 Å². The number of nitriles is 1. The molecule has 1 N–H and O–H groups in total. The number of carbonyl (C=O) groups excluding carboxylic acids is 2. The van der Waals surface area contributed by atoms with Crippen molar-refractivity contribution in [1.82, 2.24) is 4.98 Å². The van der Waals surface area contributed by atoms with Crippen LogP contribution >= 0.6 is 11.3 Å². The highest BCUT2D eigenvalue weighted by Gasteiger charge is 2.31. The molecule has 0 saturated heterocycles. The van der Waals surface area contributed by atoms with E-state index in [0.29, 0.717) is 17.3 Å². The minimum atomic E-state index is -0.382. The third kappa shape index (κ3) is 4.77. The molecule has 0 radical (unpaired) electrons. The molecule has 1 aliphatic rings. The van der Waals surface area contributed by atoms with E-state index in [2.05, 4.69) is 10.3 Å².